The molecule has 1 N–H and O–H groups in total. The van der Waals surface area contributed by atoms with Gasteiger partial charge in [0.15, 0.2) is 17.5 Å². The molecule has 5 nitrogen and oxygen atoms in total. The number of pyridine rings is 1. The smallest absolute Gasteiger partial charge is 0.303 e. The summed E-state index contributed by atoms with van der Waals surface area (Å²) in [6.07, 6.45) is 0.926. The molecule has 0 unspecified atom stereocenters. The number of ether oxygens (including phenoxy) is 1. The Kier molecular flexibility index (Phi) is 9.25. The first kappa shape index (κ1) is 29.3. The van der Waals surface area contributed by atoms with Crippen molar-refractivity contribution in [3.8, 4) is 17.6 Å². The molecule has 2 aromatic carbocycles. The van der Waals surface area contributed by atoms with E-state index < -0.39 is 41.7 Å². The minimum absolute atomic E-state index is 0.0107. The van der Waals surface area contributed by atoms with E-state index in [9.17, 15) is 27.5 Å². The predicted octanol–water partition coefficient (Wildman–Crippen LogP) is 6.53. The van der Waals surface area contributed by atoms with Crippen molar-refractivity contribution in [1.29, 1.82) is 0 Å². The highest BCUT2D eigenvalue weighted by Crippen LogP contribution is 2.43. The minimum Gasteiger partial charge on any atom is -0.497 e. The van der Waals surface area contributed by atoms with Gasteiger partial charge < -0.3 is 9.84 Å². The number of carbonyl (C=O) groups is 1. The third-order valence-corrected chi connectivity index (χ3v) is 7.55. The van der Waals surface area contributed by atoms with Gasteiger partial charge in [0.1, 0.15) is 18.6 Å². The van der Waals surface area contributed by atoms with Crippen molar-refractivity contribution in [2.24, 2.45) is 5.41 Å². The predicted molar refractivity (Wildman–Crippen MR) is 140 cm³/mol. The summed E-state index contributed by atoms with van der Waals surface area (Å²) >= 11 is 0. The summed E-state index contributed by atoms with van der Waals surface area (Å²) in [6, 6.07) is 6.65. The third-order valence-electron chi connectivity index (χ3n) is 7.55. The van der Waals surface area contributed by atoms with Crippen LogP contribution < -0.4 is 4.74 Å². The van der Waals surface area contributed by atoms with Crippen LogP contribution in [0.1, 0.15) is 55.0 Å². The summed E-state index contributed by atoms with van der Waals surface area (Å²) in [7, 11) is 1.48. The zero-order valence-corrected chi connectivity index (χ0v) is 22.0. The molecule has 1 aliphatic heterocycles. The first-order valence-electron chi connectivity index (χ1n) is 12.9. The van der Waals surface area contributed by atoms with E-state index in [0.717, 1.165) is 12.1 Å². The Morgan fingerprint density at radius 2 is 1.88 bits per heavy atom. The minimum atomic E-state index is -1.55. The number of hydrogen-bond donors (Lipinski definition) is 1. The van der Waals surface area contributed by atoms with Gasteiger partial charge in [-0.1, -0.05) is 11.8 Å². The summed E-state index contributed by atoms with van der Waals surface area (Å²) in [5.74, 6) is 0.766. The van der Waals surface area contributed by atoms with E-state index in [1.54, 1.807) is 18.2 Å². The number of rotatable bonds is 9. The van der Waals surface area contributed by atoms with Crippen molar-refractivity contribution < 1.29 is 36.6 Å². The fourth-order valence-electron chi connectivity index (χ4n) is 5.32. The Hall–Kier alpha value is -3.71. The molecule has 0 amide bonds. The molecule has 0 bridgehead atoms. The van der Waals surface area contributed by atoms with E-state index in [2.05, 4.69) is 16.8 Å². The molecule has 2 heterocycles. The standard InChI is InChI=1S/C30H29F5N2O3/c1-40-21-4-5-26-22(15-21)28(20(17-31)18-36-26)23(32)6-7-30(16-27(38)39)8-11-37(12-9-30)10-2-3-19-13-24(33)29(35)25(34)14-19/h4-5,13-15,18,23H,6-12,16-17H2,1H3,(H,38,39)/t23-/m1/s1. The van der Waals surface area contributed by atoms with Crippen LogP contribution >= 0.6 is 0 Å². The molecule has 1 atom stereocenters. The van der Waals surface area contributed by atoms with E-state index in [0.29, 0.717) is 42.6 Å². The average molecular weight is 561 g/mol. The Morgan fingerprint density at radius 3 is 2.50 bits per heavy atom. The van der Waals surface area contributed by atoms with Gasteiger partial charge in [-0.05, 0) is 74.5 Å². The van der Waals surface area contributed by atoms with Crippen molar-refractivity contribution >= 4 is 16.9 Å². The van der Waals surface area contributed by atoms with Gasteiger partial charge >= 0.3 is 5.97 Å². The molecule has 1 fully saturated rings. The molecule has 0 spiro atoms. The van der Waals surface area contributed by atoms with Gasteiger partial charge in [0.2, 0.25) is 0 Å². The average Bonchev–Trinajstić information content (AvgIpc) is 2.94. The summed E-state index contributed by atoms with van der Waals surface area (Å²) in [6.45, 7) is 0.371. The maximum atomic E-state index is 15.8. The van der Waals surface area contributed by atoms with Crippen molar-refractivity contribution in [1.82, 2.24) is 9.88 Å². The Balaban J connectivity index is 1.45. The number of carboxylic acids is 1. The number of methoxy groups -OCH3 is 1. The van der Waals surface area contributed by atoms with Gasteiger partial charge in [0, 0.05) is 28.3 Å². The largest absolute Gasteiger partial charge is 0.497 e. The zero-order chi connectivity index (χ0) is 28.9. The second-order valence-corrected chi connectivity index (χ2v) is 10.1. The lowest BCUT2D eigenvalue weighted by atomic mass is 9.71. The van der Waals surface area contributed by atoms with Crippen LogP contribution in [0.15, 0.2) is 36.5 Å². The van der Waals surface area contributed by atoms with Crippen molar-refractivity contribution in [2.75, 3.05) is 26.7 Å². The molecule has 0 radical (unpaired) electrons. The van der Waals surface area contributed by atoms with E-state index in [4.69, 9.17) is 4.74 Å². The number of likely N-dealkylation sites (tertiary alicyclic amines) is 1. The van der Waals surface area contributed by atoms with E-state index in [1.165, 1.54) is 13.3 Å². The van der Waals surface area contributed by atoms with E-state index in [-0.39, 0.29) is 42.5 Å². The Bertz CT molecular complexity index is 1420. The number of aliphatic carboxylic acids is 1. The number of halogens is 5. The van der Waals surface area contributed by atoms with Gasteiger partial charge in [-0.25, -0.2) is 22.0 Å². The molecule has 1 aromatic heterocycles. The molecule has 1 saturated heterocycles. The van der Waals surface area contributed by atoms with Crippen LogP contribution in [0.3, 0.4) is 0 Å². The molecule has 40 heavy (non-hydrogen) atoms. The number of carboxylic acid groups (broad SMARTS) is 1. The summed E-state index contributed by atoms with van der Waals surface area (Å²) in [4.78, 5) is 17.9. The molecular weight excluding hydrogens is 531 g/mol. The molecule has 1 aliphatic rings. The van der Waals surface area contributed by atoms with Crippen molar-refractivity contribution in [2.45, 2.75) is 45.0 Å². The lowest BCUT2D eigenvalue weighted by molar-refractivity contribution is -0.141. The maximum Gasteiger partial charge on any atom is 0.303 e. The molecule has 3 aromatic rings. The fourth-order valence-corrected chi connectivity index (χ4v) is 5.32. The number of benzene rings is 2. The normalized spacial score (nSPS) is 15.8. The topological polar surface area (TPSA) is 62.7 Å². The number of piperidine rings is 1. The monoisotopic (exact) mass is 560 g/mol. The second kappa shape index (κ2) is 12.6. The van der Waals surface area contributed by atoms with Gasteiger partial charge in [0.25, 0.3) is 0 Å². The number of alkyl halides is 2. The molecule has 4 rings (SSSR count). The highest BCUT2D eigenvalue weighted by atomic mass is 19.2. The van der Waals surface area contributed by atoms with Crippen LogP contribution in [0.5, 0.6) is 5.75 Å². The first-order chi connectivity index (χ1) is 19.1. The molecule has 212 valence electrons. The van der Waals surface area contributed by atoms with Crippen LogP contribution in [0.25, 0.3) is 10.9 Å². The number of hydrogen-bond acceptors (Lipinski definition) is 4. The van der Waals surface area contributed by atoms with Gasteiger partial charge in [-0.15, -0.1) is 0 Å². The first-order valence-corrected chi connectivity index (χ1v) is 12.9. The molecule has 0 aliphatic carbocycles. The Morgan fingerprint density at radius 1 is 1.18 bits per heavy atom. The highest BCUT2D eigenvalue weighted by molar-refractivity contribution is 5.85. The molecule has 0 saturated carbocycles. The van der Waals surface area contributed by atoms with Crippen LogP contribution in [-0.2, 0) is 11.5 Å². The fraction of sp³-hybridized carbons (Fsp3) is 0.400. The molecular formula is C30H29F5N2O3. The van der Waals surface area contributed by atoms with Gasteiger partial charge in [-0.3, -0.25) is 14.7 Å². The lowest BCUT2D eigenvalue weighted by Crippen LogP contribution is -2.41. The van der Waals surface area contributed by atoms with Gasteiger partial charge in [0.05, 0.1) is 25.6 Å². The number of nitrogens with zero attached hydrogens (tertiary/aromatic N) is 2. The zero-order valence-electron chi connectivity index (χ0n) is 22.0. The second-order valence-electron chi connectivity index (χ2n) is 10.1. The highest BCUT2D eigenvalue weighted by Gasteiger charge is 2.37. The van der Waals surface area contributed by atoms with Crippen LogP contribution in [0, 0.1) is 34.7 Å². The van der Waals surface area contributed by atoms with Crippen LogP contribution in [0.4, 0.5) is 22.0 Å². The van der Waals surface area contributed by atoms with Crippen LogP contribution in [0.2, 0.25) is 0 Å². The third kappa shape index (κ3) is 6.70. The maximum absolute atomic E-state index is 15.8. The summed E-state index contributed by atoms with van der Waals surface area (Å²) < 4.78 is 74.8. The summed E-state index contributed by atoms with van der Waals surface area (Å²) in [5.41, 5.74) is 0.223. The van der Waals surface area contributed by atoms with Gasteiger partial charge in [-0.2, -0.15) is 0 Å². The quantitative estimate of drug-likeness (QED) is 0.183. The van der Waals surface area contributed by atoms with E-state index in [1.807, 2.05) is 4.90 Å². The van der Waals surface area contributed by atoms with Crippen molar-refractivity contribution in [3.05, 3.63) is 70.7 Å². The van der Waals surface area contributed by atoms with Crippen LogP contribution in [-0.4, -0.2) is 47.7 Å². The summed E-state index contributed by atoms with van der Waals surface area (Å²) in [5, 5.41) is 10.1. The lowest BCUT2D eigenvalue weighted by Gasteiger charge is -2.41. The van der Waals surface area contributed by atoms with Crippen molar-refractivity contribution in [3.63, 3.8) is 0 Å². The number of fused-ring (bicyclic) bond motifs is 1. The van der Waals surface area contributed by atoms with E-state index >= 15 is 4.39 Å². The SMILES string of the molecule is COc1ccc2ncc(CF)c([C@H](F)CCC3(CC(=O)O)CCN(CC#Cc4cc(F)c(F)c(F)c4)CC3)c2c1. The molecule has 10 heteroatoms. The number of aromatic nitrogens is 1. The Labute approximate surface area is 229 Å².